The highest BCUT2D eigenvalue weighted by Crippen LogP contribution is 2.59. The monoisotopic (exact) mass is 831 g/mol. The van der Waals surface area contributed by atoms with Gasteiger partial charge in [0, 0.05) is 44.5 Å². The molecule has 0 amide bonds. The zero-order chi connectivity index (χ0) is 44.5. The Labute approximate surface area is 317 Å². The first-order chi connectivity index (χ1) is 27.3. The van der Waals surface area contributed by atoms with Crippen molar-refractivity contribution in [1.29, 1.82) is 36.8 Å². The summed E-state index contributed by atoms with van der Waals surface area (Å²) in [7, 11) is 0. The molecule has 59 heavy (non-hydrogen) atoms. The van der Waals surface area contributed by atoms with Gasteiger partial charge in [0.1, 0.15) is 82.2 Å². The number of hydrogen-bond donors (Lipinski definition) is 0. The Morgan fingerprint density at radius 3 is 1.08 bits per heavy atom. The molecule has 2 aliphatic rings. The van der Waals surface area contributed by atoms with Gasteiger partial charge in [0.2, 0.25) is 0 Å². The topological polar surface area (TPSA) is 167 Å². The van der Waals surface area contributed by atoms with E-state index in [4.69, 9.17) is 0 Å². The van der Waals surface area contributed by atoms with Crippen LogP contribution in [0.1, 0.15) is 61.2 Å². The molecule has 292 valence electrons. The third-order valence-electron chi connectivity index (χ3n) is 8.66. The Morgan fingerprint density at radius 2 is 0.780 bits per heavy atom. The molecule has 0 aliphatic heterocycles. The Morgan fingerprint density at radius 1 is 0.424 bits per heavy atom. The van der Waals surface area contributed by atoms with Gasteiger partial charge < -0.3 is 0 Å². The van der Waals surface area contributed by atoms with Gasteiger partial charge >= 0.3 is 24.7 Å². The van der Waals surface area contributed by atoms with Gasteiger partial charge in [-0.05, 0) is 35.4 Å². The summed E-state index contributed by atoms with van der Waals surface area (Å²) in [6, 6.07) is 7.35. The molecule has 0 heterocycles. The van der Waals surface area contributed by atoms with Crippen molar-refractivity contribution in [1.82, 2.24) is 0 Å². The zero-order valence-corrected chi connectivity index (χ0v) is 27.6. The Balaban J connectivity index is 2.08. The van der Waals surface area contributed by atoms with Crippen molar-refractivity contribution in [3.8, 4) is 42.5 Å². The van der Waals surface area contributed by atoms with Crippen LogP contribution in [0, 0.1) is 96.8 Å². The number of rotatable bonds is 2. The predicted octanol–water partition coefficient (Wildman–Crippen LogP) is 10.5. The van der Waals surface area contributed by atoms with Crippen LogP contribution >= 0.6 is 0 Å². The molecule has 0 spiro atoms. The van der Waals surface area contributed by atoms with E-state index in [-0.39, 0.29) is 24.3 Å². The molecule has 0 saturated carbocycles. The molecule has 0 unspecified atom stereocenters. The van der Waals surface area contributed by atoms with Gasteiger partial charge in [0.05, 0.1) is 27.8 Å². The summed E-state index contributed by atoms with van der Waals surface area (Å²) in [5.41, 5.74) is -30.9. The van der Waals surface area contributed by atoms with Crippen molar-refractivity contribution in [2.75, 3.05) is 0 Å². The second-order valence-electron chi connectivity index (χ2n) is 11.7. The van der Waals surface area contributed by atoms with Crippen LogP contribution in [0.25, 0.3) is 33.4 Å². The number of benzene rings is 3. The van der Waals surface area contributed by atoms with Crippen molar-refractivity contribution in [2.24, 2.45) is 0 Å². The van der Waals surface area contributed by atoms with Gasteiger partial charge in [0.15, 0.2) is 0 Å². The SMILES string of the molecule is N#CC(C#N)=C1C(c2cc(F)c(C(F)(F)F)c(C(F)(F)F)c2)=C(C#N)c2c(C#N)c3c(c(F)c21)C(C#N)=C(c1cc(F)c(C(F)(F)F)c(C(F)(F)F)c1)C3=C(C#N)C#N. The van der Waals surface area contributed by atoms with E-state index in [1.165, 1.54) is 42.5 Å². The first-order valence-electron chi connectivity index (χ1n) is 15.0. The fourth-order valence-electron chi connectivity index (χ4n) is 6.65. The molecule has 0 bridgehead atoms. The number of hydrogen-bond acceptors (Lipinski definition) is 7. The molecule has 2 aliphatic carbocycles. The summed E-state index contributed by atoms with van der Waals surface area (Å²) < 4.78 is 214. The van der Waals surface area contributed by atoms with Crippen molar-refractivity contribution >= 4 is 33.4 Å². The maximum Gasteiger partial charge on any atom is 0.419 e. The highest BCUT2D eigenvalue weighted by molar-refractivity contribution is 6.31. The van der Waals surface area contributed by atoms with E-state index >= 15 is 13.2 Å². The minimum atomic E-state index is -6.03. The molecule has 0 saturated heterocycles. The van der Waals surface area contributed by atoms with Gasteiger partial charge in [-0.3, -0.25) is 0 Å². The normalized spacial score (nSPS) is 13.7. The first kappa shape index (κ1) is 42.1. The predicted molar refractivity (Wildman–Crippen MR) is 165 cm³/mol. The molecule has 7 nitrogen and oxygen atoms in total. The van der Waals surface area contributed by atoms with Crippen LogP contribution in [0.5, 0.6) is 0 Å². The van der Waals surface area contributed by atoms with Crippen LogP contribution in [0.3, 0.4) is 0 Å². The second-order valence-corrected chi connectivity index (χ2v) is 11.7. The molecule has 3 aromatic carbocycles. The molecular formula is C37H4F15N7. The van der Waals surface area contributed by atoms with Crippen LogP contribution < -0.4 is 0 Å². The average molecular weight is 831 g/mol. The lowest BCUT2D eigenvalue weighted by molar-refractivity contribution is -0.163. The summed E-state index contributed by atoms with van der Waals surface area (Å²) >= 11 is 0. The van der Waals surface area contributed by atoms with E-state index in [1.807, 2.05) is 0 Å². The minimum absolute atomic E-state index is 0.245. The fraction of sp³-hybridized carbons (Fsp3) is 0.108. The van der Waals surface area contributed by atoms with Crippen LogP contribution in [-0.2, 0) is 24.7 Å². The molecule has 0 atom stereocenters. The Bertz CT molecular complexity index is 2890. The van der Waals surface area contributed by atoms with E-state index < -0.39 is 148 Å². The number of nitriles is 7. The third-order valence-corrected chi connectivity index (χ3v) is 8.66. The molecule has 5 rings (SSSR count). The van der Waals surface area contributed by atoms with Crippen molar-refractivity contribution in [3.63, 3.8) is 0 Å². The van der Waals surface area contributed by atoms with E-state index in [9.17, 15) is 89.5 Å². The minimum Gasteiger partial charge on any atom is -0.206 e. The standard InChI is InChI=1S/C37H4F15N7/c38-21-3-12(1-19(34(41,42)43)31(21)36(47,48)49)23-16(9-57)27-18(11-59)28-25(14(5-53)6-54)24(13-2-20(35(44,45)46)32(22(39)4-13)37(50,51)52)17(10-58)29(28)33(40)30(27)26(23)15(7-55)8-56/h1-4H. The van der Waals surface area contributed by atoms with Crippen molar-refractivity contribution in [2.45, 2.75) is 24.7 Å². The van der Waals surface area contributed by atoms with Crippen LogP contribution in [-0.4, -0.2) is 0 Å². The molecule has 0 N–H and O–H groups in total. The summed E-state index contributed by atoms with van der Waals surface area (Å²) in [4.78, 5) is 0. The number of allylic oxidation sites excluding steroid dienone is 8. The molecular weight excluding hydrogens is 827 g/mol. The van der Waals surface area contributed by atoms with Gasteiger partial charge in [-0.25, -0.2) is 13.2 Å². The fourth-order valence-corrected chi connectivity index (χ4v) is 6.65. The van der Waals surface area contributed by atoms with Crippen LogP contribution in [0.2, 0.25) is 0 Å². The zero-order valence-electron chi connectivity index (χ0n) is 27.6. The second kappa shape index (κ2) is 13.9. The van der Waals surface area contributed by atoms with Crippen molar-refractivity contribution in [3.05, 3.63) is 114 Å². The molecule has 0 fully saturated rings. The van der Waals surface area contributed by atoms with Crippen molar-refractivity contribution < 1.29 is 65.9 Å². The van der Waals surface area contributed by atoms with Gasteiger partial charge in [-0.1, -0.05) is 0 Å². The summed E-state index contributed by atoms with van der Waals surface area (Å²) in [6.07, 6.45) is -24.1. The highest BCUT2D eigenvalue weighted by atomic mass is 19.4. The van der Waals surface area contributed by atoms with E-state index in [0.717, 1.165) is 0 Å². The van der Waals surface area contributed by atoms with Crippen LogP contribution in [0.15, 0.2) is 35.4 Å². The summed E-state index contributed by atoms with van der Waals surface area (Å²) in [6.45, 7) is 0. The lowest BCUT2D eigenvalue weighted by atomic mass is 9.85. The molecule has 0 radical (unpaired) electrons. The van der Waals surface area contributed by atoms with E-state index in [0.29, 0.717) is 0 Å². The number of alkyl halides is 12. The van der Waals surface area contributed by atoms with Crippen LogP contribution in [0.4, 0.5) is 65.9 Å². The molecule has 22 heteroatoms. The maximum absolute atomic E-state index is 17.3. The average Bonchev–Trinajstić information content (AvgIpc) is 3.65. The number of fused-ring (bicyclic) bond motifs is 2. The molecule has 0 aromatic heterocycles. The number of nitrogens with zero attached hydrogens (tertiary/aromatic N) is 7. The largest absolute Gasteiger partial charge is 0.419 e. The molecule has 3 aromatic rings. The highest BCUT2D eigenvalue weighted by Gasteiger charge is 2.50. The summed E-state index contributed by atoms with van der Waals surface area (Å²) in [5, 5.41) is 70.4. The summed E-state index contributed by atoms with van der Waals surface area (Å²) in [5.74, 6) is -7.35. The van der Waals surface area contributed by atoms with E-state index in [2.05, 4.69) is 0 Å². The number of halogens is 15. The quantitative estimate of drug-likeness (QED) is 0.183. The van der Waals surface area contributed by atoms with E-state index in [1.54, 1.807) is 0 Å². The first-order valence-corrected chi connectivity index (χ1v) is 15.0. The Hall–Kier alpha value is -8.00. The van der Waals surface area contributed by atoms with Gasteiger partial charge in [-0.2, -0.15) is 89.5 Å². The lowest BCUT2D eigenvalue weighted by Gasteiger charge is -2.19. The Kier molecular flexibility index (Phi) is 9.92. The maximum atomic E-state index is 17.3. The third kappa shape index (κ3) is 6.42. The smallest absolute Gasteiger partial charge is 0.206 e. The van der Waals surface area contributed by atoms with Gasteiger partial charge in [0.25, 0.3) is 0 Å². The van der Waals surface area contributed by atoms with Gasteiger partial charge in [-0.15, -0.1) is 0 Å². The lowest BCUT2D eigenvalue weighted by Crippen LogP contribution is -2.19.